The molecular formula is C12H25N3O4S2. The van der Waals surface area contributed by atoms with Gasteiger partial charge in [-0.05, 0) is 32.2 Å². The van der Waals surface area contributed by atoms with Gasteiger partial charge in [-0.2, -0.15) is 17.0 Å². The topological polar surface area (TPSA) is 86.8 Å². The van der Waals surface area contributed by atoms with E-state index in [1.165, 1.54) is 28.5 Å². The van der Waals surface area contributed by atoms with Gasteiger partial charge in [0.2, 0.25) is 0 Å². The third-order valence-corrected chi connectivity index (χ3v) is 7.89. The molecule has 0 radical (unpaired) electrons. The van der Waals surface area contributed by atoms with E-state index < -0.39 is 26.1 Å². The smallest absolute Gasteiger partial charge is 0.281 e. The number of nitrogens with one attached hydrogen (secondary N) is 1. The highest BCUT2D eigenvalue weighted by Gasteiger charge is 2.37. The molecule has 21 heavy (non-hydrogen) atoms. The summed E-state index contributed by atoms with van der Waals surface area (Å²) >= 11 is 0. The number of hydrogen-bond acceptors (Lipinski definition) is 5. The molecule has 2 aliphatic rings. The molecule has 9 heteroatoms. The van der Waals surface area contributed by atoms with Crippen LogP contribution in [0.4, 0.5) is 0 Å². The first-order valence-corrected chi connectivity index (χ1v) is 10.6. The molecule has 0 aromatic heterocycles. The van der Waals surface area contributed by atoms with Gasteiger partial charge in [0.15, 0.2) is 9.84 Å². The summed E-state index contributed by atoms with van der Waals surface area (Å²) in [5, 5.41) is 3.34. The van der Waals surface area contributed by atoms with Crippen LogP contribution in [0.2, 0.25) is 0 Å². The zero-order valence-corrected chi connectivity index (χ0v) is 14.3. The second kappa shape index (κ2) is 6.49. The molecule has 2 fully saturated rings. The van der Waals surface area contributed by atoms with Crippen molar-refractivity contribution in [3.8, 4) is 0 Å². The normalized spacial score (nSPS) is 25.8. The fraction of sp³-hybridized carbons (Fsp3) is 1.00. The second-order valence-corrected chi connectivity index (χ2v) is 10.3. The summed E-state index contributed by atoms with van der Waals surface area (Å²) in [6.45, 7) is 1.25. The summed E-state index contributed by atoms with van der Waals surface area (Å²) in [5.41, 5.74) is 0. The minimum atomic E-state index is -3.58. The van der Waals surface area contributed by atoms with Gasteiger partial charge in [-0.3, -0.25) is 0 Å². The third-order valence-electron chi connectivity index (χ3n) is 4.14. The van der Waals surface area contributed by atoms with E-state index in [1.807, 2.05) is 0 Å². The molecule has 0 spiro atoms. The molecule has 1 aliphatic heterocycles. The van der Waals surface area contributed by atoms with E-state index in [0.29, 0.717) is 19.0 Å². The minimum Gasteiger partial charge on any atom is -0.314 e. The van der Waals surface area contributed by atoms with Gasteiger partial charge in [-0.1, -0.05) is 0 Å². The molecule has 1 heterocycles. The fourth-order valence-corrected chi connectivity index (χ4v) is 5.71. The maximum absolute atomic E-state index is 12.4. The first kappa shape index (κ1) is 17.1. The van der Waals surface area contributed by atoms with Gasteiger partial charge in [0.1, 0.15) is 0 Å². The highest BCUT2D eigenvalue weighted by Crippen LogP contribution is 2.21. The Hall–Kier alpha value is -0.220. The average molecular weight is 339 g/mol. The number of rotatable bonds is 8. The highest BCUT2D eigenvalue weighted by atomic mass is 32.2. The van der Waals surface area contributed by atoms with Gasteiger partial charge < -0.3 is 5.32 Å². The van der Waals surface area contributed by atoms with Crippen molar-refractivity contribution in [2.75, 3.05) is 38.7 Å². The van der Waals surface area contributed by atoms with Crippen LogP contribution in [0, 0.1) is 0 Å². The Morgan fingerprint density at radius 1 is 1.19 bits per heavy atom. The first-order valence-electron chi connectivity index (χ1n) is 7.35. The lowest BCUT2D eigenvalue weighted by atomic mass is 10.3. The van der Waals surface area contributed by atoms with Crippen molar-refractivity contribution in [3.63, 3.8) is 0 Å². The monoisotopic (exact) mass is 339 g/mol. The molecule has 1 N–H and O–H groups in total. The van der Waals surface area contributed by atoms with Gasteiger partial charge in [-0.15, -0.1) is 0 Å². The van der Waals surface area contributed by atoms with E-state index in [9.17, 15) is 16.8 Å². The predicted octanol–water partition coefficient (Wildman–Crippen LogP) is -0.576. The van der Waals surface area contributed by atoms with Crippen LogP contribution < -0.4 is 5.32 Å². The van der Waals surface area contributed by atoms with Gasteiger partial charge in [0.05, 0.1) is 11.5 Å². The Morgan fingerprint density at radius 2 is 1.86 bits per heavy atom. The van der Waals surface area contributed by atoms with Gasteiger partial charge >= 0.3 is 0 Å². The summed E-state index contributed by atoms with van der Waals surface area (Å²) in [7, 11) is -3.65. The van der Waals surface area contributed by atoms with Gasteiger partial charge in [-0.25, -0.2) is 8.42 Å². The van der Waals surface area contributed by atoms with Crippen LogP contribution in [0.1, 0.15) is 25.7 Å². The molecule has 1 saturated carbocycles. The summed E-state index contributed by atoms with van der Waals surface area (Å²) in [4.78, 5) is 0. The number of nitrogens with zero attached hydrogens (tertiary/aromatic N) is 2. The van der Waals surface area contributed by atoms with E-state index >= 15 is 0 Å². The molecule has 124 valence electrons. The molecule has 2 rings (SSSR count). The van der Waals surface area contributed by atoms with E-state index in [0.717, 1.165) is 13.0 Å². The Bertz CT molecular complexity index is 557. The molecule has 0 aromatic rings. The van der Waals surface area contributed by atoms with Crippen LogP contribution >= 0.6 is 0 Å². The Morgan fingerprint density at radius 3 is 2.38 bits per heavy atom. The molecule has 7 nitrogen and oxygen atoms in total. The largest absolute Gasteiger partial charge is 0.314 e. The standard InChI is InChI=1S/C12H25N3O4S2/c1-14(8-3-7-13-11-4-5-11)21(18,19)15(2)12-6-9-20(16,17)10-12/h11-13H,3-10H2,1-2H3. The van der Waals surface area contributed by atoms with Crippen molar-refractivity contribution in [2.45, 2.75) is 37.8 Å². The summed E-state index contributed by atoms with van der Waals surface area (Å²) < 4.78 is 50.3. The highest BCUT2D eigenvalue weighted by molar-refractivity contribution is 7.91. The van der Waals surface area contributed by atoms with Crippen molar-refractivity contribution in [1.82, 2.24) is 13.9 Å². The SMILES string of the molecule is CN(CCCNC1CC1)S(=O)(=O)N(C)C1CCS(=O)(=O)C1. The molecule has 0 amide bonds. The molecule has 1 atom stereocenters. The number of sulfone groups is 1. The maximum Gasteiger partial charge on any atom is 0.281 e. The molecule has 1 aliphatic carbocycles. The lowest BCUT2D eigenvalue weighted by Gasteiger charge is -2.28. The van der Waals surface area contributed by atoms with E-state index in [2.05, 4.69) is 5.32 Å². The number of hydrogen-bond donors (Lipinski definition) is 1. The molecule has 1 saturated heterocycles. The predicted molar refractivity (Wildman–Crippen MR) is 82.0 cm³/mol. The quantitative estimate of drug-likeness (QED) is 0.598. The zero-order chi connectivity index (χ0) is 15.7. The van der Waals surface area contributed by atoms with Crippen LogP contribution in [0.3, 0.4) is 0 Å². The van der Waals surface area contributed by atoms with Crippen LogP contribution in [0.5, 0.6) is 0 Å². The third kappa shape index (κ3) is 4.62. The minimum absolute atomic E-state index is 0.0696. The Labute approximate surface area is 127 Å². The zero-order valence-electron chi connectivity index (χ0n) is 12.7. The van der Waals surface area contributed by atoms with E-state index in [1.54, 1.807) is 7.05 Å². The summed E-state index contributed by atoms with van der Waals surface area (Å²) in [6.07, 6.45) is 3.57. The summed E-state index contributed by atoms with van der Waals surface area (Å²) in [5.74, 6) is 0.00630. The second-order valence-electron chi connectivity index (χ2n) is 5.98. The van der Waals surface area contributed by atoms with Crippen molar-refractivity contribution < 1.29 is 16.8 Å². The lowest BCUT2D eigenvalue weighted by molar-refractivity contribution is 0.345. The van der Waals surface area contributed by atoms with Crippen molar-refractivity contribution in [2.24, 2.45) is 0 Å². The molecule has 0 aromatic carbocycles. The molecule has 1 unspecified atom stereocenters. The lowest BCUT2D eigenvalue weighted by Crippen LogP contribution is -2.46. The molecule has 0 bridgehead atoms. The van der Waals surface area contributed by atoms with Crippen molar-refractivity contribution in [3.05, 3.63) is 0 Å². The Kier molecular flexibility index (Phi) is 5.30. The van der Waals surface area contributed by atoms with Gasteiger partial charge in [0, 0.05) is 32.7 Å². The van der Waals surface area contributed by atoms with Crippen LogP contribution in [-0.2, 0) is 20.0 Å². The molecular weight excluding hydrogens is 314 g/mol. The van der Waals surface area contributed by atoms with E-state index in [4.69, 9.17) is 0 Å². The Balaban J connectivity index is 1.83. The van der Waals surface area contributed by atoms with Gasteiger partial charge in [0.25, 0.3) is 10.2 Å². The maximum atomic E-state index is 12.4. The fourth-order valence-electron chi connectivity index (χ4n) is 2.48. The van der Waals surface area contributed by atoms with Crippen LogP contribution in [0.15, 0.2) is 0 Å². The van der Waals surface area contributed by atoms with Crippen molar-refractivity contribution >= 4 is 20.0 Å². The van der Waals surface area contributed by atoms with Crippen LogP contribution in [-0.4, -0.2) is 76.2 Å². The van der Waals surface area contributed by atoms with Crippen molar-refractivity contribution in [1.29, 1.82) is 0 Å². The average Bonchev–Trinajstić information content (AvgIpc) is 3.16. The van der Waals surface area contributed by atoms with E-state index in [-0.39, 0.29) is 11.5 Å². The summed E-state index contributed by atoms with van der Waals surface area (Å²) in [6, 6.07) is 0.185. The van der Waals surface area contributed by atoms with Crippen LogP contribution in [0.25, 0.3) is 0 Å². The first-order chi connectivity index (χ1) is 9.72.